The Morgan fingerprint density at radius 1 is 1.62 bits per heavy atom. The van der Waals surface area contributed by atoms with Crippen molar-refractivity contribution >= 4 is 11.6 Å². The van der Waals surface area contributed by atoms with E-state index in [-0.39, 0.29) is 10.8 Å². The molecule has 0 saturated heterocycles. The second-order valence-corrected chi connectivity index (χ2v) is 4.24. The Morgan fingerprint density at radius 2 is 2.31 bits per heavy atom. The summed E-state index contributed by atoms with van der Waals surface area (Å²) in [5, 5.41) is 12.3. The number of hydrogen-bond acceptors (Lipinski definition) is 3. The average Bonchev–Trinajstić information content (AvgIpc) is 3.08. The molecule has 1 aliphatic rings. The van der Waals surface area contributed by atoms with Gasteiger partial charge in [0.15, 0.2) is 5.82 Å². The minimum absolute atomic E-state index is 0.256. The predicted octanol–water partition coefficient (Wildman–Crippen LogP) is 2.45. The lowest BCUT2D eigenvalue weighted by Gasteiger charge is -2.12. The first kappa shape index (κ1) is 11.5. The lowest BCUT2D eigenvalue weighted by molar-refractivity contribution is 0.393. The molecule has 2 rings (SSSR count). The molecule has 1 aromatic rings. The second kappa shape index (κ2) is 4.47. The molecule has 2 N–H and O–H groups in total. The molecule has 88 valence electrons. The highest BCUT2D eigenvalue weighted by Crippen LogP contribution is 2.35. The normalized spacial score (nSPS) is 15.2. The molecule has 0 radical (unpaired) electrons. The minimum Gasteiger partial charge on any atom is -0.506 e. The lowest BCUT2D eigenvalue weighted by Crippen LogP contribution is -2.17. The molecule has 1 aromatic carbocycles. The van der Waals surface area contributed by atoms with Gasteiger partial charge in [0.1, 0.15) is 16.5 Å². The third-order valence-electron chi connectivity index (χ3n) is 2.61. The van der Waals surface area contributed by atoms with Gasteiger partial charge in [0.2, 0.25) is 0 Å². The summed E-state index contributed by atoms with van der Waals surface area (Å²) in [5.41, 5.74) is 0.359. The van der Waals surface area contributed by atoms with Crippen molar-refractivity contribution in [2.75, 3.05) is 7.11 Å². The van der Waals surface area contributed by atoms with Crippen LogP contribution < -0.4 is 10.1 Å². The number of aromatic hydroxyl groups is 1. The van der Waals surface area contributed by atoms with Crippen LogP contribution in [0.4, 0.5) is 4.39 Å². The summed E-state index contributed by atoms with van der Waals surface area (Å²) in [4.78, 5) is 0. The van der Waals surface area contributed by atoms with Crippen molar-refractivity contribution in [3.05, 3.63) is 22.5 Å². The van der Waals surface area contributed by atoms with Crippen LogP contribution >= 0.6 is 11.6 Å². The van der Waals surface area contributed by atoms with Crippen molar-refractivity contribution in [2.45, 2.75) is 25.4 Å². The van der Waals surface area contributed by atoms with Crippen molar-refractivity contribution in [3.8, 4) is 11.5 Å². The Labute approximate surface area is 98.2 Å². The maximum atomic E-state index is 13.8. The Bertz CT molecular complexity index is 407. The van der Waals surface area contributed by atoms with Crippen LogP contribution in [0.5, 0.6) is 11.5 Å². The van der Waals surface area contributed by atoms with E-state index in [9.17, 15) is 9.50 Å². The molecule has 1 aliphatic carbocycles. The van der Waals surface area contributed by atoms with Crippen LogP contribution in [0.15, 0.2) is 6.07 Å². The summed E-state index contributed by atoms with van der Waals surface area (Å²) in [7, 11) is 1.43. The minimum atomic E-state index is -0.619. The van der Waals surface area contributed by atoms with Gasteiger partial charge in [0.05, 0.1) is 7.11 Å². The molecule has 0 spiro atoms. The summed E-state index contributed by atoms with van der Waals surface area (Å²) in [6.45, 7) is 0.361. The fraction of sp³-hybridized carbons (Fsp3) is 0.455. The van der Waals surface area contributed by atoms with Gasteiger partial charge in [-0.3, -0.25) is 0 Å². The van der Waals surface area contributed by atoms with Gasteiger partial charge in [-0.05, 0) is 12.8 Å². The molecule has 0 aliphatic heterocycles. The highest BCUT2D eigenvalue weighted by Gasteiger charge is 2.23. The van der Waals surface area contributed by atoms with E-state index in [4.69, 9.17) is 16.3 Å². The molecule has 0 aromatic heterocycles. The maximum Gasteiger partial charge on any atom is 0.153 e. The van der Waals surface area contributed by atoms with E-state index in [1.807, 2.05) is 0 Å². The Morgan fingerprint density at radius 3 is 2.88 bits per heavy atom. The van der Waals surface area contributed by atoms with E-state index in [1.54, 1.807) is 0 Å². The maximum absolute atomic E-state index is 13.8. The summed E-state index contributed by atoms with van der Waals surface area (Å²) in [5.74, 6) is -0.606. The average molecular weight is 246 g/mol. The highest BCUT2D eigenvalue weighted by molar-refractivity contribution is 6.32. The van der Waals surface area contributed by atoms with Crippen LogP contribution in [0.3, 0.4) is 0 Å². The van der Waals surface area contributed by atoms with Crippen molar-refractivity contribution in [2.24, 2.45) is 0 Å². The van der Waals surface area contributed by atoms with Gasteiger partial charge in [-0.1, -0.05) is 11.6 Å². The van der Waals surface area contributed by atoms with Crippen molar-refractivity contribution < 1.29 is 14.2 Å². The Balaban J connectivity index is 2.27. The first-order valence-electron chi connectivity index (χ1n) is 5.10. The van der Waals surface area contributed by atoms with Crippen molar-refractivity contribution in [3.63, 3.8) is 0 Å². The molecular weight excluding hydrogens is 233 g/mol. The number of nitrogens with one attached hydrogen (secondary N) is 1. The van der Waals surface area contributed by atoms with Crippen molar-refractivity contribution in [1.82, 2.24) is 5.32 Å². The molecular formula is C11H13ClFNO2. The standard InChI is InChI=1S/C11H13ClFNO2/c1-16-9-4-8(15)10(12)11(13)7(9)5-14-6-2-3-6/h4,6,14-15H,2-3,5H2,1H3. The molecule has 0 heterocycles. The summed E-state index contributed by atoms with van der Waals surface area (Å²) in [6, 6.07) is 1.80. The summed E-state index contributed by atoms with van der Waals surface area (Å²) in [6.07, 6.45) is 2.24. The molecule has 16 heavy (non-hydrogen) atoms. The van der Waals surface area contributed by atoms with E-state index in [2.05, 4.69) is 5.32 Å². The van der Waals surface area contributed by atoms with Gasteiger partial charge in [0, 0.05) is 24.2 Å². The Kier molecular flexibility index (Phi) is 3.21. The van der Waals surface area contributed by atoms with Gasteiger partial charge < -0.3 is 15.2 Å². The Hall–Kier alpha value is -1.00. The van der Waals surface area contributed by atoms with Crippen LogP contribution in [0.25, 0.3) is 0 Å². The highest BCUT2D eigenvalue weighted by atomic mass is 35.5. The number of halogens is 2. The van der Waals surface area contributed by atoms with Gasteiger partial charge in [-0.15, -0.1) is 0 Å². The smallest absolute Gasteiger partial charge is 0.153 e. The first-order valence-corrected chi connectivity index (χ1v) is 5.48. The van der Waals surface area contributed by atoms with Gasteiger partial charge in [-0.25, -0.2) is 4.39 Å². The quantitative estimate of drug-likeness (QED) is 0.856. The fourth-order valence-electron chi connectivity index (χ4n) is 1.51. The molecule has 0 unspecified atom stereocenters. The number of ether oxygens (including phenoxy) is 1. The first-order chi connectivity index (χ1) is 7.63. The molecule has 1 saturated carbocycles. The van der Waals surface area contributed by atoms with Crippen LogP contribution in [-0.4, -0.2) is 18.3 Å². The van der Waals surface area contributed by atoms with E-state index >= 15 is 0 Å². The van der Waals surface area contributed by atoms with Gasteiger partial charge >= 0.3 is 0 Å². The van der Waals surface area contributed by atoms with Gasteiger partial charge in [0.25, 0.3) is 0 Å². The number of methoxy groups -OCH3 is 1. The van der Waals surface area contributed by atoms with E-state index in [0.717, 1.165) is 12.8 Å². The van der Waals surface area contributed by atoms with Crippen molar-refractivity contribution in [1.29, 1.82) is 0 Å². The van der Waals surface area contributed by atoms with E-state index in [1.165, 1.54) is 13.2 Å². The fourth-order valence-corrected chi connectivity index (χ4v) is 1.68. The number of phenols is 1. The van der Waals surface area contributed by atoms with Crippen LogP contribution in [-0.2, 0) is 6.54 Å². The number of benzene rings is 1. The molecule has 5 heteroatoms. The van der Waals surface area contributed by atoms with Crippen LogP contribution in [0.1, 0.15) is 18.4 Å². The third kappa shape index (κ3) is 2.23. The second-order valence-electron chi connectivity index (χ2n) is 3.86. The lowest BCUT2D eigenvalue weighted by atomic mass is 10.1. The number of hydrogen-bond donors (Lipinski definition) is 2. The topological polar surface area (TPSA) is 41.5 Å². The van der Waals surface area contributed by atoms with E-state index < -0.39 is 5.82 Å². The predicted molar refractivity (Wildman–Crippen MR) is 59.5 cm³/mol. The third-order valence-corrected chi connectivity index (χ3v) is 2.97. The summed E-state index contributed by atoms with van der Waals surface area (Å²) < 4.78 is 18.8. The summed E-state index contributed by atoms with van der Waals surface area (Å²) >= 11 is 5.63. The SMILES string of the molecule is COc1cc(O)c(Cl)c(F)c1CNC1CC1. The number of phenolic OH excluding ortho intramolecular Hbond substituents is 1. The molecule has 0 atom stereocenters. The molecule has 1 fully saturated rings. The van der Waals surface area contributed by atoms with Crippen LogP contribution in [0, 0.1) is 5.82 Å². The monoisotopic (exact) mass is 245 g/mol. The largest absolute Gasteiger partial charge is 0.506 e. The number of rotatable bonds is 4. The zero-order valence-corrected chi connectivity index (χ0v) is 9.64. The van der Waals surface area contributed by atoms with Crippen LogP contribution in [0.2, 0.25) is 5.02 Å². The van der Waals surface area contributed by atoms with E-state index in [0.29, 0.717) is 23.9 Å². The van der Waals surface area contributed by atoms with Gasteiger partial charge in [-0.2, -0.15) is 0 Å². The molecule has 0 amide bonds. The molecule has 0 bridgehead atoms. The molecule has 3 nitrogen and oxygen atoms in total. The zero-order valence-electron chi connectivity index (χ0n) is 8.89. The zero-order chi connectivity index (χ0) is 11.7.